The van der Waals surface area contributed by atoms with E-state index in [4.69, 9.17) is 20.0 Å². The number of esters is 1. The molecule has 0 aliphatic heterocycles. The van der Waals surface area contributed by atoms with Gasteiger partial charge in [0.2, 0.25) is 0 Å². The molecule has 26 heavy (non-hydrogen) atoms. The van der Waals surface area contributed by atoms with Crippen molar-refractivity contribution in [3.05, 3.63) is 58.4 Å². The number of nitriles is 2. The van der Waals surface area contributed by atoms with Crippen molar-refractivity contribution in [1.29, 1.82) is 10.5 Å². The molecule has 0 N–H and O–H groups in total. The zero-order valence-corrected chi connectivity index (χ0v) is 14.5. The van der Waals surface area contributed by atoms with Gasteiger partial charge in [0.05, 0.1) is 36.3 Å². The molecule has 0 fully saturated rings. The fraction of sp³-hybridized carbons (Fsp3) is 0.250. The van der Waals surface area contributed by atoms with Crippen LogP contribution in [0.15, 0.2) is 30.3 Å². The lowest BCUT2D eigenvalue weighted by Gasteiger charge is -2.14. The Labute approximate surface area is 151 Å². The van der Waals surface area contributed by atoms with Crippen molar-refractivity contribution in [1.82, 2.24) is 0 Å². The molecule has 0 atom stereocenters. The number of rotatable bonds is 6. The van der Waals surface area contributed by atoms with Crippen LogP contribution in [0.3, 0.4) is 0 Å². The molecule has 0 unspecified atom stereocenters. The Morgan fingerprint density at radius 2 is 1.69 bits per heavy atom. The van der Waals surface area contributed by atoms with E-state index in [1.165, 1.54) is 24.3 Å². The summed E-state index contributed by atoms with van der Waals surface area (Å²) in [4.78, 5) is 11.7. The predicted molar refractivity (Wildman–Crippen MR) is 92.1 cm³/mol. The third-order valence-corrected chi connectivity index (χ3v) is 3.66. The van der Waals surface area contributed by atoms with Gasteiger partial charge >= 0.3 is 5.97 Å². The Bertz CT molecular complexity index is 878. The predicted octanol–water partition coefficient (Wildman–Crippen LogP) is 4.03. The molecular weight excluding hydrogens is 335 g/mol. The van der Waals surface area contributed by atoms with E-state index < -0.39 is 11.8 Å². The summed E-state index contributed by atoms with van der Waals surface area (Å²) in [6.45, 7) is 3.74. The van der Waals surface area contributed by atoms with E-state index >= 15 is 0 Å². The highest BCUT2D eigenvalue weighted by Gasteiger charge is 2.18. The Kier molecular flexibility index (Phi) is 6.30. The van der Waals surface area contributed by atoms with Crippen molar-refractivity contribution in [3.8, 4) is 23.6 Å². The van der Waals surface area contributed by atoms with E-state index in [9.17, 15) is 9.18 Å². The van der Waals surface area contributed by atoms with Crippen LogP contribution < -0.4 is 4.74 Å². The van der Waals surface area contributed by atoms with Gasteiger partial charge in [0.25, 0.3) is 0 Å². The first-order chi connectivity index (χ1) is 12.5. The molecule has 0 radical (unpaired) electrons. The van der Waals surface area contributed by atoms with Gasteiger partial charge < -0.3 is 9.47 Å². The second-order valence-corrected chi connectivity index (χ2v) is 5.43. The molecule has 0 aliphatic rings. The lowest BCUT2D eigenvalue weighted by atomic mass is 10.0. The van der Waals surface area contributed by atoms with E-state index in [2.05, 4.69) is 0 Å². The fourth-order valence-electron chi connectivity index (χ4n) is 2.43. The first kappa shape index (κ1) is 19.0. The third-order valence-electron chi connectivity index (χ3n) is 3.66. The number of benzene rings is 2. The molecular formula is C20H17FN2O3. The number of hydrogen-bond donors (Lipinski definition) is 0. The average molecular weight is 352 g/mol. The number of nitrogens with zero attached hydrogens (tertiary/aromatic N) is 2. The minimum atomic E-state index is -0.654. The van der Waals surface area contributed by atoms with Gasteiger partial charge in [-0.2, -0.15) is 10.5 Å². The first-order valence-electron chi connectivity index (χ1n) is 8.11. The number of halogens is 1. The maximum Gasteiger partial charge on any atom is 0.310 e. The van der Waals surface area contributed by atoms with Crippen LogP contribution in [0.2, 0.25) is 0 Å². The van der Waals surface area contributed by atoms with Gasteiger partial charge in [-0.25, -0.2) is 4.39 Å². The monoisotopic (exact) mass is 352 g/mol. The third kappa shape index (κ3) is 4.37. The average Bonchev–Trinajstić information content (AvgIpc) is 2.65. The number of aryl methyl sites for hydroxylation is 1. The number of ether oxygens (including phenoxy) is 2. The smallest absolute Gasteiger partial charge is 0.310 e. The van der Waals surface area contributed by atoms with Gasteiger partial charge in [-0.15, -0.1) is 0 Å². The highest BCUT2D eigenvalue weighted by atomic mass is 19.1. The van der Waals surface area contributed by atoms with Crippen molar-refractivity contribution in [2.45, 2.75) is 26.7 Å². The van der Waals surface area contributed by atoms with Crippen molar-refractivity contribution in [2.75, 3.05) is 6.61 Å². The van der Waals surface area contributed by atoms with Crippen molar-refractivity contribution >= 4 is 5.97 Å². The number of hydrogen-bond acceptors (Lipinski definition) is 5. The summed E-state index contributed by atoms with van der Waals surface area (Å²) >= 11 is 0. The van der Waals surface area contributed by atoms with E-state index in [0.29, 0.717) is 12.0 Å². The summed E-state index contributed by atoms with van der Waals surface area (Å²) < 4.78 is 25.4. The van der Waals surface area contributed by atoms with Gasteiger partial charge in [-0.1, -0.05) is 19.1 Å². The van der Waals surface area contributed by atoms with E-state index in [-0.39, 0.29) is 41.2 Å². The topological polar surface area (TPSA) is 83.1 Å². The van der Waals surface area contributed by atoms with Crippen LogP contribution >= 0.6 is 0 Å². The fourth-order valence-corrected chi connectivity index (χ4v) is 2.43. The maximum atomic E-state index is 14.9. The second-order valence-electron chi connectivity index (χ2n) is 5.43. The zero-order valence-electron chi connectivity index (χ0n) is 14.5. The minimum absolute atomic E-state index is 0.0201. The second kappa shape index (κ2) is 8.64. The van der Waals surface area contributed by atoms with Crippen LogP contribution in [0.5, 0.6) is 11.5 Å². The highest BCUT2D eigenvalue weighted by molar-refractivity contribution is 5.73. The molecule has 2 aromatic carbocycles. The Morgan fingerprint density at radius 3 is 2.23 bits per heavy atom. The van der Waals surface area contributed by atoms with E-state index in [1.807, 2.05) is 19.1 Å². The first-order valence-corrected chi connectivity index (χ1v) is 8.11. The molecule has 0 saturated heterocycles. The molecule has 0 aromatic heterocycles. The summed E-state index contributed by atoms with van der Waals surface area (Å²) in [5, 5.41) is 18.1. The van der Waals surface area contributed by atoms with Gasteiger partial charge in [-0.3, -0.25) is 4.79 Å². The lowest BCUT2D eigenvalue weighted by Crippen LogP contribution is -2.10. The quantitative estimate of drug-likeness (QED) is 0.733. The molecule has 5 nitrogen and oxygen atoms in total. The summed E-state index contributed by atoms with van der Waals surface area (Å²) in [6.07, 6.45) is 0.302. The van der Waals surface area contributed by atoms with Gasteiger partial charge in [0, 0.05) is 5.56 Å². The largest absolute Gasteiger partial charge is 0.466 e. The van der Waals surface area contributed by atoms with Gasteiger partial charge in [-0.05, 0) is 37.1 Å². The van der Waals surface area contributed by atoms with E-state index in [1.54, 1.807) is 13.0 Å². The molecule has 2 aromatic rings. The summed E-state index contributed by atoms with van der Waals surface area (Å²) in [5.74, 6) is -1.02. The SMILES string of the molecule is CCOC(=O)Cc1ccc(CC)c(Oc2cc(C#N)cc(C#N)c2)c1F. The highest BCUT2D eigenvalue weighted by Crippen LogP contribution is 2.32. The number of carbonyl (C=O) groups excluding carboxylic acids is 1. The van der Waals surface area contributed by atoms with Crippen molar-refractivity contribution < 1.29 is 18.7 Å². The molecule has 6 heteroatoms. The maximum absolute atomic E-state index is 14.9. The van der Waals surface area contributed by atoms with Crippen LogP contribution in [0.1, 0.15) is 36.1 Å². The molecule has 0 saturated carbocycles. The minimum Gasteiger partial charge on any atom is -0.466 e. The molecule has 132 valence electrons. The standard InChI is InChI=1S/C20H17FN2O3/c1-3-15-5-6-16(10-18(24)25-4-2)19(21)20(15)26-17-8-13(11-22)7-14(9-17)12-23/h5-9H,3-4,10H2,1-2H3. The van der Waals surface area contributed by atoms with E-state index in [0.717, 1.165) is 0 Å². The molecule has 0 spiro atoms. The van der Waals surface area contributed by atoms with Crippen molar-refractivity contribution in [2.24, 2.45) is 0 Å². The summed E-state index contributed by atoms with van der Waals surface area (Å²) in [7, 11) is 0. The van der Waals surface area contributed by atoms with Crippen LogP contribution in [0.4, 0.5) is 4.39 Å². The molecule has 2 rings (SSSR count). The zero-order chi connectivity index (χ0) is 19.1. The Hall–Kier alpha value is -3.38. The van der Waals surface area contributed by atoms with Crippen molar-refractivity contribution in [3.63, 3.8) is 0 Å². The molecule has 0 bridgehead atoms. The summed E-state index contributed by atoms with van der Waals surface area (Å²) in [5.41, 5.74) is 1.24. The van der Waals surface area contributed by atoms with Crippen LogP contribution in [-0.4, -0.2) is 12.6 Å². The lowest BCUT2D eigenvalue weighted by molar-refractivity contribution is -0.142. The molecule has 0 aliphatic carbocycles. The normalized spacial score (nSPS) is 9.88. The van der Waals surface area contributed by atoms with Crippen LogP contribution in [0.25, 0.3) is 0 Å². The van der Waals surface area contributed by atoms with Gasteiger partial charge in [0.1, 0.15) is 5.75 Å². The Morgan fingerprint density at radius 1 is 1.08 bits per heavy atom. The molecule has 0 amide bonds. The van der Waals surface area contributed by atoms with Gasteiger partial charge in [0.15, 0.2) is 11.6 Å². The summed E-state index contributed by atoms with van der Waals surface area (Å²) in [6, 6.07) is 11.4. The van der Waals surface area contributed by atoms with Crippen LogP contribution in [0, 0.1) is 28.5 Å². The number of carbonyl (C=O) groups is 1. The Balaban J connectivity index is 2.44. The van der Waals surface area contributed by atoms with Crippen LogP contribution in [-0.2, 0) is 22.4 Å². The molecule has 0 heterocycles.